The Morgan fingerprint density at radius 1 is 1.22 bits per heavy atom. The van der Waals surface area contributed by atoms with Gasteiger partial charge in [0.05, 0.1) is 5.75 Å². The van der Waals surface area contributed by atoms with E-state index in [0.717, 1.165) is 11.3 Å². The molecule has 0 unspecified atom stereocenters. The molecule has 0 fully saturated rings. The SMILES string of the molecule is Cc1ccccc1OCc1nc(SCC(=O)c2ccc3c(c2)OCO3)n[nH]1. The molecule has 0 saturated carbocycles. The third kappa shape index (κ3) is 4.06. The smallest absolute Gasteiger partial charge is 0.231 e. The molecule has 0 saturated heterocycles. The number of carbonyl (C=O) groups is 1. The molecule has 0 radical (unpaired) electrons. The number of carbonyl (C=O) groups excluding carboxylic acids is 1. The Balaban J connectivity index is 1.31. The summed E-state index contributed by atoms with van der Waals surface area (Å²) in [5.74, 6) is 2.87. The number of thioether (sulfide) groups is 1. The number of nitrogens with zero attached hydrogens (tertiary/aromatic N) is 2. The summed E-state index contributed by atoms with van der Waals surface area (Å²) >= 11 is 1.27. The van der Waals surface area contributed by atoms with Crippen molar-refractivity contribution in [1.82, 2.24) is 15.2 Å². The molecule has 3 aromatic rings. The van der Waals surface area contributed by atoms with E-state index in [-0.39, 0.29) is 24.9 Å². The molecule has 1 N–H and O–H groups in total. The second kappa shape index (κ2) is 7.71. The molecular weight excluding hydrogens is 366 g/mol. The Morgan fingerprint density at radius 3 is 2.96 bits per heavy atom. The van der Waals surface area contributed by atoms with Crippen molar-refractivity contribution >= 4 is 17.5 Å². The molecule has 27 heavy (non-hydrogen) atoms. The first-order valence-electron chi connectivity index (χ1n) is 8.34. The first-order chi connectivity index (χ1) is 13.2. The minimum absolute atomic E-state index is 0.0270. The molecule has 7 nitrogen and oxygen atoms in total. The second-order valence-electron chi connectivity index (χ2n) is 5.90. The van der Waals surface area contributed by atoms with Gasteiger partial charge in [0, 0.05) is 5.56 Å². The minimum atomic E-state index is -0.0270. The lowest BCUT2D eigenvalue weighted by Crippen LogP contribution is -2.02. The van der Waals surface area contributed by atoms with Crippen LogP contribution in [0.15, 0.2) is 47.6 Å². The summed E-state index contributed by atoms with van der Waals surface area (Å²) in [4.78, 5) is 16.7. The summed E-state index contributed by atoms with van der Waals surface area (Å²) in [5, 5.41) is 7.47. The molecule has 4 rings (SSSR count). The Morgan fingerprint density at radius 2 is 2.07 bits per heavy atom. The summed E-state index contributed by atoms with van der Waals surface area (Å²) in [6.07, 6.45) is 0. The van der Waals surface area contributed by atoms with Gasteiger partial charge in [-0.2, -0.15) is 0 Å². The average Bonchev–Trinajstić information content (AvgIpc) is 3.34. The first-order valence-corrected chi connectivity index (χ1v) is 9.33. The van der Waals surface area contributed by atoms with Crippen LogP contribution in [0.25, 0.3) is 0 Å². The van der Waals surface area contributed by atoms with E-state index in [9.17, 15) is 4.79 Å². The molecule has 1 aromatic heterocycles. The zero-order valence-electron chi connectivity index (χ0n) is 14.6. The quantitative estimate of drug-likeness (QED) is 0.494. The van der Waals surface area contributed by atoms with E-state index in [4.69, 9.17) is 14.2 Å². The molecule has 0 aliphatic carbocycles. The average molecular weight is 383 g/mol. The molecule has 138 valence electrons. The monoisotopic (exact) mass is 383 g/mol. The number of para-hydroxylation sites is 1. The maximum Gasteiger partial charge on any atom is 0.231 e. The number of hydrogen-bond donors (Lipinski definition) is 1. The van der Waals surface area contributed by atoms with Gasteiger partial charge in [-0.25, -0.2) is 4.98 Å². The van der Waals surface area contributed by atoms with E-state index < -0.39 is 0 Å². The molecule has 0 atom stereocenters. The number of aromatic nitrogens is 3. The number of aryl methyl sites for hydroxylation is 1. The predicted molar refractivity (Wildman–Crippen MR) is 99.5 cm³/mol. The van der Waals surface area contributed by atoms with Gasteiger partial charge in [-0.15, -0.1) is 5.10 Å². The van der Waals surface area contributed by atoms with Crippen molar-refractivity contribution in [2.75, 3.05) is 12.5 Å². The topological polar surface area (TPSA) is 86.3 Å². The van der Waals surface area contributed by atoms with Crippen LogP contribution in [0.1, 0.15) is 21.7 Å². The second-order valence-corrected chi connectivity index (χ2v) is 6.84. The number of hydrogen-bond acceptors (Lipinski definition) is 7. The van der Waals surface area contributed by atoms with Crippen molar-refractivity contribution in [2.24, 2.45) is 0 Å². The van der Waals surface area contributed by atoms with Crippen molar-refractivity contribution in [2.45, 2.75) is 18.7 Å². The maximum absolute atomic E-state index is 12.4. The van der Waals surface area contributed by atoms with Gasteiger partial charge in [0.1, 0.15) is 12.4 Å². The van der Waals surface area contributed by atoms with Crippen LogP contribution in [-0.2, 0) is 6.61 Å². The standard InChI is InChI=1S/C19H17N3O4S/c1-12-4-2-3-5-15(12)24-9-18-20-19(22-21-18)27-10-14(23)13-6-7-16-17(8-13)26-11-25-16/h2-8H,9-11H2,1H3,(H,20,21,22). The Bertz CT molecular complexity index is 973. The van der Waals surface area contributed by atoms with Crippen molar-refractivity contribution in [3.8, 4) is 17.2 Å². The molecule has 1 aliphatic rings. The fraction of sp³-hybridized carbons (Fsp3) is 0.211. The van der Waals surface area contributed by atoms with Gasteiger partial charge in [0.15, 0.2) is 23.1 Å². The number of rotatable bonds is 7. The predicted octanol–water partition coefficient (Wildman–Crippen LogP) is 3.40. The third-order valence-corrected chi connectivity index (χ3v) is 4.84. The van der Waals surface area contributed by atoms with Gasteiger partial charge >= 0.3 is 0 Å². The zero-order chi connectivity index (χ0) is 18.6. The summed E-state index contributed by atoms with van der Waals surface area (Å²) in [5.41, 5.74) is 1.63. The molecule has 2 aromatic carbocycles. The summed E-state index contributed by atoms with van der Waals surface area (Å²) < 4.78 is 16.3. The van der Waals surface area contributed by atoms with Gasteiger partial charge in [-0.1, -0.05) is 30.0 Å². The fourth-order valence-corrected chi connectivity index (χ4v) is 3.27. The lowest BCUT2D eigenvalue weighted by Gasteiger charge is -2.06. The van der Waals surface area contributed by atoms with Gasteiger partial charge in [0.2, 0.25) is 11.9 Å². The highest BCUT2D eigenvalue weighted by Crippen LogP contribution is 2.33. The lowest BCUT2D eigenvalue weighted by molar-refractivity contribution is 0.102. The van der Waals surface area contributed by atoms with Crippen LogP contribution < -0.4 is 14.2 Å². The number of aromatic amines is 1. The number of ether oxygens (including phenoxy) is 3. The third-order valence-electron chi connectivity index (χ3n) is 4.00. The first kappa shape index (κ1) is 17.4. The number of Topliss-reactive ketones (excluding diaryl/α,β-unsaturated/α-hetero) is 1. The van der Waals surface area contributed by atoms with Crippen molar-refractivity contribution < 1.29 is 19.0 Å². The van der Waals surface area contributed by atoms with Gasteiger partial charge in [0.25, 0.3) is 0 Å². The Labute approximate surface area is 160 Å². The van der Waals surface area contributed by atoms with Crippen LogP contribution in [0, 0.1) is 6.92 Å². The van der Waals surface area contributed by atoms with Crippen molar-refractivity contribution in [3.05, 3.63) is 59.4 Å². The van der Waals surface area contributed by atoms with Crippen LogP contribution in [-0.4, -0.2) is 33.5 Å². The van der Waals surface area contributed by atoms with Crippen LogP contribution in [0.3, 0.4) is 0 Å². The number of nitrogens with one attached hydrogen (secondary N) is 1. The maximum atomic E-state index is 12.4. The molecular formula is C19H17N3O4S. The summed E-state index contributed by atoms with van der Waals surface area (Å²) in [6, 6.07) is 13.0. The van der Waals surface area contributed by atoms with Gasteiger partial charge < -0.3 is 14.2 Å². The number of ketones is 1. The van der Waals surface area contributed by atoms with E-state index in [1.54, 1.807) is 18.2 Å². The molecule has 0 spiro atoms. The lowest BCUT2D eigenvalue weighted by atomic mass is 10.1. The minimum Gasteiger partial charge on any atom is -0.485 e. The van der Waals surface area contributed by atoms with Gasteiger partial charge in [-0.3, -0.25) is 9.89 Å². The normalized spacial score (nSPS) is 12.2. The van der Waals surface area contributed by atoms with Crippen LogP contribution in [0.2, 0.25) is 0 Å². The molecule has 8 heteroatoms. The molecule has 0 amide bonds. The van der Waals surface area contributed by atoms with Crippen LogP contribution in [0.4, 0.5) is 0 Å². The van der Waals surface area contributed by atoms with Crippen molar-refractivity contribution in [1.29, 1.82) is 0 Å². The summed E-state index contributed by atoms with van der Waals surface area (Å²) in [6.45, 7) is 2.46. The van der Waals surface area contributed by atoms with Crippen LogP contribution >= 0.6 is 11.8 Å². The highest BCUT2D eigenvalue weighted by molar-refractivity contribution is 7.99. The largest absolute Gasteiger partial charge is 0.485 e. The number of benzene rings is 2. The molecule has 2 heterocycles. The fourth-order valence-electron chi connectivity index (χ4n) is 2.55. The Kier molecular flexibility index (Phi) is 4.97. The molecule has 0 bridgehead atoms. The van der Waals surface area contributed by atoms with Crippen LogP contribution in [0.5, 0.6) is 17.2 Å². The van der Waals surface area contributed by atoms with E-state index in [1.807, 2.05) is 31.2 Å². The van der Waals surface area contributed by atoms with E-state index in [2.05, 4.69) is 15.2 Å². The number of H-pyrrole nitrogens is 1. The number of fused-ring (bicyclic) bond motifs is 1. The Hall–Kier alpha value is -3.00. The van der Waals surface area contributed by atoms with Gasteiger partial charge in [-0.05, 0) is 36.8 Å². The highest BCUT2D eigenvalue weighted by Gasteiger charge is 2.17. The molecule has 1 aliphatic heterocycles. The highest BCUT2D eigenvalue weighted by atomic mass is 32.2. The zero-order valence-corrected chi connectivity index (χ0v) is 15.4. The van der Waals surface area contributed by atoms with Crippen molar-refractivity contribution in [3.63, 3.8) is 0 Å². The van der Waals surface area contributed by atoms with E-state index >= 15 is 0 Å². The van der Waals surface area contributed by atoms with E-state index in [0.29, 0.717) is 28.0 Å². The van der Waals surface area contributed by atoms with E-state index in [1.165, 1.54) is 11.8 Å². The summed E-state index contributed by atoms with van der Waals surface area (Å²) in [7, 11) is 0.